The number of amides is 2. The van der Waals surface area contributed by atoms with Crippen molar-refractivity contribution >= 4 is 18.0 Å². The second kappa shape index (κ2) is 3.16. The molecule has 5 heteroatoms. The Bertz CT molecular complexity index is 275. The number of hydrogen-bond donors (Lipinski definition) is 1. The van der Waals surface area contributed by atoms with Gasteiger partial charge in [-0.05, 0) is 6.42 Å². The molecule has 0 aromatic carbocycles. The van der Waals surface area contributed by atoms with Crippen molar-refractivity contribution in [3.05, 3.63) is 0 Å². The van der Waals surface area contributed by atoms with Crippen LogP contribution in [0, 0.1) is 5.41 Å². The smallest absolute Gasteiger partial charge is 0.263 e. The molecule has 1 aliphatic heterocycles. The number of carbonyl (C=O) groups is 2. The van der Waals surface area contributed by atoms with Gasteiger partial charge in [0.25, 0.3) is 5.91 Å². The lowest BCUT2D eigenvalue weighted by Gasteiger charge is -2.19. The highest BCUT2D eigenvalue weighted by Gasteiger charge is 2.47. The van der Waals surface area contributed by atoms with E-state index >= 15 is 0 Å². The molecule has 0 aromatic rings. The Labute approximate surface area is 76.6 Å². The Kier molecular flexibility index (Phi) is 2.36. The summed E-state index contributed by atoms with van der Waals surface area (Å²) >= 11 is 0. The molecule has 0 fully saturated rings. The lowest BCUT2D eigenvalue weighted by atomic mass is 9.83. The summed E-state index contributed by atoms with van der Waals surface area (Å²) in [5.41, 5.74) is 4.00. The first-order valence-electron chi connectivity index (χ1n) is 4.18. The lowest BCUT2D eigenvalue weighted by Crippen LogP contribution is -2.45. The van der Waals surface area contributed by atoms with Gasteiger partial charge in [0.2, 0.25) is 5.91 Å². The predicted molar refractivity (Wildman–Crippen MR) is 47.8 cm³/mol. The SMILES string of the molecule is CCCC1(C(N)=O)C=NN(C)C1=O. The third-order valence-corrected chi connectivity index (χ3v) is 2.21. The van der Waals surface area contributed by atoms with Gasteiger partial charge < -0.3 is 5.73 Å². The third kappa shape index (κ3) is 1.30. The van der Waals surface area contributed by atoms with Crippen LogP contribution in [0.15, 0.2) is 5.10 Å². The largest absolute Gasteiger partial charge is 0.368 e. The zero-order chi connectivity index (χ0) is 10.1. The summed E-state index contributed by atoms with van der Waals surface area (Å²) in [6.07, 6.45) is 2.49. The summed E-state index contributed by atoms with van der Waals surface area (Å²) in [5.74, 6) is -0.950. The van der Waals surface area contributed by atoms with Crippen molar-refractivity contribution < 1.29 is 9.59 Å². The van der Waals surface area contributed by atoms with E-state index in [2.05, 4.69) is 5.10 Å². The first kappa shape index (κ1) is 9.70. The molecular formula is C8H13N3O2. The zero-order valence-electron chi connectivity index (χ0n) is 7.78. The maximum atomic E-state index is 11.6. The van der Waals surface area contributed by atoms with Gasteiger partial charge in [-0.2, -0.15) is 5.10 Å². The molecule has 1 rings (SSSR count). The number of nitrogens with zero attached hydrogens (tertiary/aromatic N) is 2. The van der Waals surface area contributed by atoms with Crippen molar-refractivity contribution in [2.24, 2.45) is 16.3 Å². The first-order valence-corrected chi connectivity index (χ1v) is 4.18. The van der Waals surface area contributed by atoms with Crippen molar-refractivity contribution in [1.82, 2.24) is 5.01 Å². The molecule has 0 spiro atoms. The molecule has 1 unspecified atom stereocenters. The van der Waals surface area contributed by atoms with E-state index in [0.29, 0.717) is 12.8 Å². The molecule has 72 valence electrons. The molecule has 13 heavy (non-hydrogen) atoms. The van der Waals surface area contributed by atoms with Crippen molar-refractivity contribution in [3.63, 3.8) is 0 Å². The van der Waals surface area contributed by atoms with E-state index < -0.39 is 11.3 Å². The molecule has 2 N–H and O–H groups in total. The number of hydrogen-bond acceptors (Lipinski definition) is 3. The highest BCUT2D eigenvalue weighted by molar-refractivity contribution is 6.19. The summed E-state index contributed by atoms with van der Waals surface area (Å²) in [5, 5.41) is 4.92. The fraction of sp³-hybridized carbons (Fsp3) is 0.625. The molecule has 1 heterocycles. The molecule has 5 nitrogen and oxygen atoms in total. The highest BCUT2D eigenvalue weighted by atomic mass is 16.2. The topological polar surface area (TPSA) is 75.8 Å². The van der Waals surface area contributed by atoms with Crippen molar-refractivity contribution in [1.29, 1.82) is 0 Å². The van der Waals surface area contributed by atoms with E-state index in [0.717, 1.165) is 5.01 Å². The van der Waals surface area contributed by atoms with Crippen molar-refractivity contribution in [2.75, 3.05) is 7.05 Å². The van der Waals surface area contributed by atoms with Crippen LogP contribution in [-0.2, 0) is 9.59 Å². The Morgan fingerprint density at radius 1 is 1.77 bits per heavy atom. The van der Waals surface area contributed by atoms with Gasteiger partial charge in [-0.25, -0.2) is 5.01 Å². The van der Waals surface area contributed by atoms with Crippen LogP contribution in [-0.4, -0.2) is 30.1 Å². The molecule has 0 bridgehead atoms. The van der Waals surface area contributed by atoms with Gasteiger partial charge in [-0.15, -0.1) is 0 Å². The van der Waals surface area contributed by atoms with E-state index in [-0.39, 0.29) is 5.91 Å². The number of rotatable bonds is 3. The zero-order valence-corrected chi connectivity index (χ0v) is 7.78. The monoisotopic (exact) mass is 183 g/mol. The minimum atomic E-state index is -1.19. The fourth-order valence-electron chi connectivity index (χ4n) is 1.44. The van der Waals surface area contributed by atoms with E-state index in [1.807, 2.05) is 6.92 Å². The average molecular weight is 183 g/mol. The van der Waals surface area contributed by atoms with E-state index in [1.54, 1.807) is 0 Å². The normalized spacial score (nSPS) is 26.9. The molecule has 0 radical (unpaired) electrons. The van der Waals surface area contributed by atoms with Gasteiger partial charge in [0, 0.05) is 7.05 Å². The van der Waals surface area contributed by atoms with Gasteiger partial charge in [0.1, 0.15) is 0 Å². The number of primary amides is 1. The summed E-state index contributed by atoms with van der Waals surface area (Å²) in [4.78, 5) is 22.7. The van der Waals surface area contributed by atoms with Crippen LogP contribution in [0.3, 0.4) is 0 Å². The molecule has 2 amide bonds. The van der Waals surface area contributed by atoms with E-state index in [4.69, 9.17) is 5.73 Å². The molecule has 0 aromatic heterocycles. The van der Waals surface area contributed by atoms with Crippen LogP contribution in [0.1, 0.15) is 19.8 Å². The van der Waals surface area contributed by atoms with Crippen LogP contribution in [0.2, 0.25) is 0 Å². The van der Waals surface area contributed by atoms with E-state index in [1.165, 1.54) is 13.3 Å². The Morgan fingerprint density at radius 2 is 2.38 bits per heavy atom. The molecule has 0 saturated heterocycles. The average Bonchev–Trinajstić information content (AvgIpc) is 2.34. The number of carbonyl (C=O) groups excluding carboxylic acids is 2. The van der Waals surface area contributed by atoms with Gasteiger partial charge in [0.15, 0.2) is 5.41 Å². The molecule has 0 saturated carbocycles. The van der Waals surface area contributed by atoms with E-state index in [9.17, 15) is 9.59 Å². The summed E-state index contributed by atoms with van der Waals surface area (Å²) in [6.45, 7) is 1.89. The summed E-state index contributed by atoms with van der Waals surface area (Å²) in [6, 6.07) is 0. The second-order valence-electron chi connectivity index (χ2n) is 3.16. The van der Waals surface area contributed by atoms with Gasteiger partial charge >= 0.3 is 0 Å². The number of hydrazone groups is 1. The molecule has 1 aliphatic rings. The van der Waals surface area contributed by atoms with Crippen LogP contribution in [0.5, 0.6) is 0 Å². The Morgan fingerprint density at radius 3 is 2.69 bits per heavy atom. The van der Waals surface area contributed by atoms with Gasteiger partial charge in [-0.3, -0.25) is 9.59 Å². The fourth-order valence-corrected chi connectivity index (χ4v) is 1.44. The molecule has 0 aliphatic carbocycles. The van der Waals surface area contributed by atoms with Crippen LogP contribution in [0.4, 0.5) is 0 Å². The quantitative estimate of drug-likeness (QED) is 0.611. The number of nitrogens with two attached hydrogens (primary N) is 1. The summed E-state index contributed by atoms with van der Waals surface area (Å²) < 4.78 is 0. The van der Waals surface area contributed by atoms with Gasteiger partial charge in [0.05, 0.1) is 6.21 Å². The minimum Gasteiger partial charge on any atom is -0.368 e. The Balaban J connectivity index is 3.00. The van der Waals surface area contributed by atoms with Crippen molar-refractivity contribution in [2.45, 2.75) is 19.8 Å². The maximum Gasteiger partial charge on any atom is 0.263 e. The predicted octanol–water partition coefficient (Wildman–Crippen LogP) is -0.284. The van der Waals surface area contributed by atoms with Gasteiger partial charge in [-0.1, -0.05) is 13.3 Å². The standard InChI is InChI=1S/C8H13N3O2/c1-3-4-8(6(9)12)5-10-11(2)7(8)13/h5H,3-4H2,1-2H3,(H2,9,12). The molecule has 1 atom stereocenters. The Hall–Kier alpha value is -1.39. The lowest BCUT2D eigenvalue weighted by molar-refractivity contribution is -0.141. The van der Waals surface area contributed by atoms with Crippen molar-refractivity contribution in [3.8, 4) is 0 Å². The second-order valence-corrected chi connectivity index (χ2v) is 3.16. The summed E-state index contributed by atoms with van der Waals surface area (Å²) in [7, 11) is 1.51. The maximum absolute atomic E-state index is 11.6. The first-order chi connectivity index (χ1) is 6.04. The molecular weight excluding hydrogens is 170 g/mol. The highest BCUT2D eigenvalue weighted by Crippen LogP contribution is 2.28. The minimum absolute atomic E-state index is 0.332. The van der Waals surface area contributed by atoms with Crippen LogP contribution < -0.4 is 5.73 Å². The van der Waals surface area contributed by atoms with Crippen LogP contribution in [0.25, 0.3) is 0 Å². The van der Waals surface area contributed by atoms with Crippen LogP contribution >= 0.6 is 0 Å². The third-order valence-electron chi connectivity index (χ3n) is 2.21.